The lowest BCUT2D eigenvalue weighted by Crippen LogP contribution is -2.35. The molecule has 96 valence electrons. The number of rotatable bonds is 6. The second-order valence-electron chi connectivity index (χ2n) is 3.58. The maximum absolute atomic E-state index is 12.0. The summed E-state index contributed by atoms with van der Waals surface area (Å²) in [5.74, 6) is 1.68. The normalized spacial score (nSPS) is 13.5. The highest BCUT2D eigenvalue weighted by atomic mass is 32.2. The molecule has 1 aromatic heterocycles. The van der Waals surface area contributed by atoms with Gasteiger partial charge in [0.05, 0.1) is 5.69 Å². The fourth-order valence-corrected chi connectivity index (χ4v) is 3.36. The van der Waals surface area contributed by atoms with Crippen LogP contribution in [-0.4, -0.2) is 30.9 Å². The molecule has 1 rings (SSSR count). The molecule has 1 atom stereocenters. The van der Waals surface area contributed by atoms with Gasteiger partial charge in [0, 0.05) is 18.0 Å². The van der Waals surface area contributed by atoms with E-state index in [-0.39, 0.29) is 16.8 Å². The van der Waals surface area contributed by atoms with Gasteiger partial charge in [-0.05, 0) is 24.8 Å². The molecule has 0 aliphatic heterocycles. The van der Waals surface area contributed by atoms with Crippen molar-refractivity contribution in [1.82, 2.24) is 9.71 Å². The fraction of sp³-hybridized carbons (Fsp3) is 0.500. The molecule has 7 heteroatoms. The van der Waals surface area contributed by atoms with Crippen LogP contribution in [0.3, 0.4) is 0 Å². The summed E-state index contributed by atoms with van der Waals surface area (Å²) in [5.41, 5.74) is 5.76. The van der Waals surface area contributed by atoms with Crippen LogP contribution in [0.5, 0.6) is 0 Å². The average molecular weight is 275 g/mol. The van der Waals surface area contributed by atoms with Crippen LogP contribution in [-0.2, 0) is 10.0 Å². The number of hydrogen-bond acceptors (Lipinski definition) is 5. The molecule has 17 heavy (non-hydrogen) atoms. The molecular formula is C10H17N3O2S2. The number of nitrogens with one attached hydrogen (secondary N) is 1. The second-order valence-corrected chi connectivity index (χ2v) is 6.53. The fourth-order valence-electron chi connectivity index (χ4n) is 1.28. The molecule has 0 saturated carbocycles. The van der Waals surface area contributed by atoms with Gasteiger partial charge in [0.2, 0.25) is 0 Å². The summed E-state index contributed by atoms with van der Waals surface area (Å²) >= 11 is 1.68. The van der Waals surface area contributed by atoms with E-state index in [0.717, 1.165) is 11.5 Å². The number of anilines is 1. The van der Waals surface area contributed by atoms with Crippen LogP contribution in [0.4, 0.5) is 5.69 Å². The maximum atomic E-state index is 12.0. The molecular weight excluding hydrogens is 258 g/mol. The van der Waals surface area contributed by atoms with Gasteiger partial charge in [0.25, 0.3) is 10.0 Å². The van der Waals surface area contributed by atoms with Gasteiger partial charge in [0.15, 0.2) is 5.03 Å². The van der Waals surface area contributed by atoms with E-state index in [9.17, 15) is 8.42 Å². The first kappa shape index (κ1) is 14.3. The van der Waals surface area contributed by atoms with Gasteiger partial charge in [-0.3, -0.25) is 0 Å². The van der Waals surface area contributed by atoms with Crippen molar-refractivity contribution in [3.63, 3.8) is 0 Å². The van der Waals surface area contributed by atoms with Crippen molar-refractivity contribution in [1.29, 1.82) is 0 Å². The van der Waals surface area contributed by atoms with Crippen molar-refractivity contribution >= 4 is 27.5 Å². The highest BCUT2D eigenvalue weighted by molar-refractivity contribution is 7.99. The van der Waals surface area contributed by atoms with Crippen molar-refractivity contribution in [3.05, 3.63) is 18.3 Å². The maximum Gasteiger partial charge on any atom is 0.260 e. The first-order valence-corrected chi connectivity index (χ1v) is 7.91. The van der Waals surface area contributed by atoms with Gasteiger partial charge in [-0.25, -0.2) is 18.1 Å². The van der Waals surface area contributed by atoms with E-state index in [1.165, 1.54) is 12.3 Å². The molecule has 0 aromatic carbocycles. The Bertz CT molecular complexity index is 462. The van der Waals surface area contributed by atoms with Crippen molar-refractivity contribution in [2.45, 2.75) is 24.9 Å². The summed E-state index contributed by atoms with van der Waals surface area (Å²) in [6.07, 6.45) is 1.41. The number of aromatic nitrogens is 1. The molecule has 1 unspecified atom stereocenters. The van der Waals surface area contributed by atoms with Gasteiger partial charge in [-0.15, -0.1) is 0 Å². The Morgan fingerprint density at radius 3 is 2.88 bits per heavy atom. The molecule has 0 amide bonds. The highest BCUT2D eigenvalue weighted by Crippen LogP contribution is 2.14. The molecule has 5 nitrogen and oxygen atoms in total. The van der Waals surface area contributed by atoms with Crippen molar-refractivity contribution < 1.29 is 8.42 Å². The van der Waals surface area contributed by atoms with Crippen LogP contribution in [0.2, 0.25) is 0 Å². The van der Waals surface area contributed by atoms with Gasteiger partial charge in [-0.2, -0.15) is 11.8 Å². The lowest BCUT2D eigenvalue weighted by Gasteiger charge is -2.13. The first-order chi connectivity index (χ1) is 7.97. The Hall–Kier alpha value is -0.790. The molecule has 1 heterocycles. The van der Waals surface area contributed by atoms with Gasteiger partial charge in [-0.1, -0.05) is 6.92 Å². The second kappa shape index (κ2) is 6.23. The third-order valence-corrected chi connectivity index (χ3v) is 4.69. The molecule has 0 saturated heterocycles. The van der Waals surface area contributed by atoms with Crippen LogP contribution in [0, 0.1) is 0 Å². The van der Waals surface area contributed by atoms with Gasteiger partial charge in [0.1, 0.15) is 0 Å². The van der Waals surface area contributed by atoms with E-state index < -0.39 is 10.0 Å². The third-order valence-electron chi connectivity index (χ3n) is 1.98. The highest BCUT2D eigenvalue weighted by Gasteiger charge is 2.20. The quantitative estimate of drug-likeness (QED) is 0.811. The van der Waals surface area contributed by atoms with Crippen molar-refractivity contribution in [2.75, 3.05) is 17.2 Å². The number of nitrogens with zero attached hydrogens (tertiary/aromatic N) is 1. The Balaban J connectivity index is 2.79. The number of pyridine rings is 1. The SMILES string of the molecule is CCSCC(C)NS(=O)(=O)c1ncccc1N. The molecule has 0 bridgehead atoms. The number of nitrogen functional groups attached to an aromatic ring is 1. The molecule has 0 spiro atoms. The number of nitrogens with two attached hydrogens (primary N) is 1. The lowest BCUT2D eigenvalue weighted by molar-refractivity contribution is 0.568. The Labute approximate surface area is 106 Å². The zero-order valence-electron chi connectivity index (χ0n) is 9.88. The lowest BCUT2D eigenvalue weighted by atomic mass is 10.4. The van der Waals surface area contributed by atoms with Crippen LogP contribution < -0.4 is 10.5 Å². The molecule has 0 radical (unpaired) electrons. The van der Waals surface area contributed by atoms with Crippen LogP contribution in [0.1, 0.15) is 13.8 Å². The van der Waals surface area contributed by atoms with E-state index in [4.69, 9.17) is 5.73 Å². The zero-order valence-corrected chi connectivity index (χ0v) is 11.5. The smallest absolute Gasteiger partial charge is 0.260 e. The van der Waals surface area contributed by atoms with Crippen LogP contribution >= 0.6 is 11.8 Å². The molecule has 0 aliphatic rings. The Kier molecular flexibility index (Phi) is 5.23. The predicted octanol–water partition coefficient (Wildman–Crippen LogP) is 1.08. The molecule has 0 fully saturated rings. The largest absolute Gasteiger partial charge is 0.396 e. The molecule has 0 aliphatic carbocycles. The van der Waals surface area contributed by atoms with Gasteiger partial charge < -0.3 is 5.73 Å². The minimum absolute atomic E-state index is 0.103. The van der Waals surface area contributed by atoms with E-state index in [0.29, 0.717) is 0 Å². The van der Waals surface area contributed by atoms with E-state index >= 15 is 0 Å². The van der Waals surface area contributed by atoms with Crippen molar-refractivity contribution in [2.24, 2.45) is 0 Å². The van der Waals surface area contributed by atoms with Crippen molar-refractivity contribution in [3.8, 4) is 0 Å². The monoisotopic (exact) mass is 275 g/mol. The Morgan fingerprint density at radius 2 is 2.29 bits per heavy atom. The van der Waals surface area contributed by atoms with E-state index in [1.807, 2.05) is 13.8 Å². The van der Waals surface area contributed by atoms with E-state index in [2.05, 4.69) is 9.71 Å². The minimum atomic E-state index is -3.62. The number of hydrogen-bond donors (Lipinski definition) is 2. The topological polar surface area (TPSA) is 85.1 Å². The Morgan fingerprint density at radius 1 is 1.59 bits per heavy atom. The summed E-state index contributed by atoms with van der Waals surface area (Å²) in [4.78, 5) is 3.80. The average Bonchev–Trinajstić information content (AvgIpc) is 2.26. The summed E-state index contributed by atoms with van der Waals surface area (Å²) < 4.78 is 26.5. The minimum Gasteiger partial charge on any atom is -0.396 e. The summed E-state index contributed by atoms with van der Waals surface area (Å²) in [7, 11) is -3.62. The summed E-state index contributed by atoms with van der Waals surface area (Å²) in [6, 6.07) is 2.98. The zero-order chi connectivity index (χ0) is 12.9. The molecule has 3 N–H and O–H groups in total. The predicted molar refractivity (Wildman–Crippen MR) is 71.4 cm³/mol. The standard InChI is InChI=1S/C10H17N3O2S2/c1-3-16-7-8(2)13-17(14,15)10-9(11)5-4-6-12-10/h4-6,8,13H,3,7,11H2,1-2H3. The number of sulfonamides is 1. The van der Waals surface area contributed by atoms with Crippen LogP contribution in [0.25, 0.3) is 0 Å². The van der Waals surface area contributed by atoms with E-state index in [1.54, 1.807) is 17.8 Å². The molecule has 1 aromatic rings. The first-order valence-electron chi connectivity index (χ1n) is 5.28. The summed E-state index contributed by atoms with van der Waals surface area (Å²) in [6.45, 7) is 3.85. The van der Waals surface area contributed by atoms with Crippen LogP contribution in [0.15, 0.2) is 23.4 Å². The third kappa shape index (κ3) is 4.18. The number of thioether (sulfide) groups is 1. The van der Waals surface area contributed by atoms with Gasteiger partial charge >= 0.3 is 0 Å². The summed E-state index contributed by atoms with van der Waals surface area (Å²) in [5, 5.41) is -0.103.